The Balaban J connectivity index is 2.22. The summed E-state index contributed by atoms with van der Waals surface area (Å²) >= 11 is 0. The number of nitrogens with zero attached hydrogens (tertiary/aromatic N) is 1. The summed E-state index contributed by atoms with van der Waals surface area (Å²) in [5, 5.41) is 2.73. The molecule has 7 nitrogen and oxygen atoms in total. The number of carbonyl (C=O) groups is 3. The van der Waals surface area contributed by atoms with E-state index in [1.54, 1.807) is 25.1 Å². The molecule has 0 fully saturated rings. The fourth-order valence-corrected chi connectivity index (χ4v) is 2.51. The predicted octanol–water partition coefficient (Wildman–Crippen LogP) is 3.12. The van der Waals surface area contributed by atoms with Crippen molar-refractivity contribution in [3.8, 4) is 0 Å². The Morgan fingerprint density at radius 3 is 2.48 bits per heavy atom. The zero-order valence-electron chi connectivity index (χ0n) is 16.7. The predicted molar refractivity (Wildman–Crippen MR) is 112 cm³/mol. The van der Waals surface area contributed by atoms with Crippen molar-refractivity contribution in [3.05, 3.63) is 65.7 Å². The van der Waals surface area contributed by atoms with Crippen LogP contribution in [0.5, 0.6) is 0 Å². The third kappa shape index (κ3) is 6.29. The Morgan fingerprint density at radius 2 is 1.83 bits per heavy atom. The van der Waals surface area contributed by atoms with Crippen LogP contribution in [0.25, 0.3) is 6.08 Å². The molecule has 0 atom stereocenters. The molecule has 1 N–H and O–H groups in total. The van der Waals surface area contributed by atoms with Gasteiger partial charge in [-0.1, -0.05) is 30.3 Å². The van der Waals surface area contributed by atoms with Gasteiger partial charge in [-0.05, 0) is 36.8 Å². The molecule has 29 heavy (non-hydrogen) atoms. The standard InChI is InChI=1S/C22H24N2O5/c1-4-29-15-21(26)24(2)19-14-17(11-12-18(19)22(27)28-3)23-20(25)13-10-16-8-6-5-7-9-16/h5-14H,4,15H2,1-3H3,(H,23,25). The first-order valence-corrected chi connectivity index (χ1v) is 9.07. The van der Waals surface area contributed by atoms with E-state index in [4.69, 9.17) is 9.47 Å². The van der Waals surface area contributed by atoms with Crippen LogP contribution < -0.4 is 10.2 Å². The summed E-state index contributed by atoms with van der Waals surface area (Å²) in [6.07, 6.45) is 3.10. The van der Waals surface area contributed by atoms with E-state index >= 15 is 0 Å². The van der Waals surface area contributed by atoms with Crippen LogP contribution in [0.4, 0.5) is 11.4 Å². The summed E-state index contributed by atoms with van der Waals surface area (Å²) in [5.41, 5.74) is 1.85. The largest absolute Gasteiger partial charge is 0.465 e. The number of rotatable bonds is 8. The smallest absolute Gasteiger partial charge is 0.339 e. The number of anilines is 2. The van der Waals surface area contributed by atoms with Gasteiger partial charge in [0.05, 0.1) is 18.4 Å². The minimum absolute atomic E-state index is 0.121. The molecule has 0 aliphatic rings. The Morgan fingerprint density at radius 1 is 1.10 bits per heavy atom. The molecule has 0 radical (unpaired) electrons. The van der Waals surface area contributed by atoms with Crippen LogP contribution in [-0.4, -0.2) is 45.2 Å². The van der Waals surface area contributed by atoms with Gasteiger partial charge < -0.3 is 19.7 Å². The van der Waals surface area contributed by atoms with Gasteiger partial charge in [0.15, 0.2) is 0 Å². The van der Waals surface area contributed by atoms with Crippen molar-refractivity contribution in [1.29, 1.82) is 0 Å². The van der Waals surface area contributed by atoms with Gasteiger partial charge in [0, 0.05) is 25.4 Å². The van der Waals surface area contributed by atoms with Gasteiger partial charge in [0.25, 0.3) is 5.91 Å². The summed E-state index contributed by atoms with van der Waals surface area (Å²) in [5.74, 6) is -1.25. The first kappa shape index (κ1) is 21.8. The van der Waals surface area contributed by atoms with E-state index in [-0.39, 0.29) is 24.0 Å². The molecule has 0 bridgehead atoms. The Kier molecular flexibility index (Phi) is 8.12. The molecule has 2 rings (SSSR count). The number of hydrogen-bond acceptors (Lipinski definition) is 5. The van der Waals surface area contributed by atoms with Crippen molar-refractivity contribution in [2.75, 3.05) is 37.6 Å². The van der Waals surface area contributed by atoms with E-state index in [2.05, 4.69) is 5.32 Å². The van der Waals surface area contributed by atoms with Gasteiger partial charge in [0.2, 0.25) is 5.91 Å². The van der Waals surface area contributed by atoms with Crippen LogP contribution in [0.2, 0.25) is 0 Å². The minimum Gasteiger partial charge on any atom is -0.465 e. The second kappa shape index (κ2) is 10.8. The monoisotopic (exact) mass is 396 g/mol. The van der Waals surface area contributed by atoms with Crippen LogP contribution in [0.1, 0.15) is 22.8 Å². The second-order valence-corrected chi connectivity index (χ2v) is 6.05. The normalized spacial score (nSPS) is 10.6. The first-order chi connectivity index (χ1) is 14.0. The molecular weight excluding hydrogens is 372 g/mol. The summed E-state index contributed by atoms with van der Waals surface area (Å²) in [4.78, 5) is 37.9. The molecule has 0 aliphatic heterocycles. The Hall–Kier alpha value is -3.45. The van der Waals surface area contributed by atoms with E-state index in [0.29, 0.717) is 18.0 Å². The van der Waals surface area contributed by atoms with Crippen LogP contribution in [0, 0.1) is 0 Å². The maximum absolute atomic E-state index is 12.3. The van der Waals surface area contributed by atoms with Crippen molar-refractivity contribution in [2.45, 2.75) is 6.92 Å². The number of benzene rings is 2. The van der Waals surface area contributed by atoms with Crippen molar-refractivity contribution >= 4 is 35.2 Å². The highest BCUT2D eigenvalue weighted by Gasteiger charge is 2.20. The average Bonchev–Trinajstić information content (AvgIpc) is 2.75. The van der Waals surface area contributed by atoms with Gasteiger partial charge in [-0.15, -0.1) is 0 Å². The first-order valence-electron chi connectivity index (χ1n) is 9.07. The topological polar surface area (TPSA) is 84.9 Å². The average molecular weight is 396 g/mol. The lowest BCUT2D eigenvalue weighted by atomic mass is 10.1. The Labute approximate surface area is 169 Å². The van der Waals surface area contributed by atoms with Crippen molar-refractivity contribution in [3.63, 3.8) is 0 Å². The fourth-order valence-electron chi connectivity index (χ4n) is 2.51. The van der Waals surface area contributed by atoms with E-state index in [0.717, 1.165) is 5.56 Å². The van der Waals surface area contributed by atoms with E-state index in [1.165, 1.54) is 31.2 Å². The number of methoxy groups -OCH3 is 1. The summed E-state index contributed by atoms with van der Waals surface area (Å²) in [7, 11) is 2.79. The zero-order valence-corrected chi connectivity index (χ0v) is 16.7. The lowest BCUT2D eigenvalue weighted by Crippen LogP contribution is -2.31. The highest BCUT2D eigenvalue weighted by molar-refractivity contribution is 6.06. The summed E-state index contributed by atoms with van der Waals surface area (Å²) < 4.78 is 9.94. The molecule has 0 unspecified atom stereocenters. The molecule has 0 aromatic heterocycles. The fraction of sp³-hybridized carbons (Fsp3) is 0.227. The molecular formula is C22H24N2O5. The van der Waals surface area contributed by atoms with Gasteiger partial charge >= 0.3 is 5.97 Å². The van der Waals surface area contributed by atoms with Crippen LogP contribution in [-0.2, 0) is 19.1 Å². The van der Waals surface area contributed by atoms with Gasteiger partial charge in [-0.25, -0.2) is 4.79 Å². The Bertz CT molecular complexity index is 893. The molecule has 0 aliphatic carbocycles. The molecule has 7 heteroatoms. The number of ether oxygens (including phenoxy) is 2. The number of likely N-dealkylation sites (N-methyl/N-ethyl adjacent to an activating group) is 1. The number of carbonyl (C=O) groups excluding carboxylic acids is 3. The molecule has 0 saturated heterocycles. The minimum atomic E-state index is -0.585. The SMILES string of the molecule is CCOCC(=O)N(C)c1cc(NC(=O)C=Cc2ccccc2)ccc1C(=O)OC. The maximum atomic E-state index is 12.3. The van der Waals surface area contributed by atoms with Crippen LogP contribution in [0.3, 0.4) is 0 Å². The highest BCUT2D eigenvalue weighted by Crippen LogP contribution is 2.25. The van der Waals surface area contributed by atoms with Gasteiger partial charge in [-0.3, -0.25) is 9.59 Å². The van der Waals surface area contributed by atoms with Gasteiger partial charge in [-0.2, -0.15) is 0 Å². The van der Waals surface area contributed by atoms with Crippen LogP contribution >= 0.6 is 0 Å². The summed E-state index contributed by atoms with van der Waals surface area (Å²) in [6.45, 7) is 2.06. The zero-order chi connectivity index (χ0) is 21.2. The number of hydrogen-bond donors (Lipinski definition) is 1. The van der Waals surface area contributed by atoms with Gasteiger partial charge in [0.1, 0.15) is 6.61 Å². The number of nitrogens with one attached hydrogen (secondary N) is 1. The summed E-state index contributed by atoms with van der Waals surface area (Å²) in [6, 6.07) is 14.0. The van der Waals surface area contributed by atoms with E-state index in [9.17, 15) is 14.4 Å². The molecule has 0 saturated carbocycles. The van der Waals surface area contributed by atoms with Crippen molar-refractivity contribution in [2.24, 2.45) is 0 Å². The number of esters is 1. The van der Waals surface area contributed by atoms with Crippen molar-refractivity contribution < 1.29 is 23.9 Å². The third-order valence-electron chi connectivity index (χ3n) is 4.06. The molecule has 152 valence electrons. The quantitative estimate of drug-likeness (QED) is 0.547. The lowest BCUT2D eigenvalue weighted by Gasteiger charge is -2.21. The molecule has 2 aromatic rings. The highest BCUT2D eigenvalue weighted by atomic mass is 16.5. The molecule has 0 heterocycles. The molecule has 2 aromatic carbocycles. The third-order valence-corrected chi connectivity index (χ3v) is 4.06. The second-order valence-electron chi connectivity index (χ2n) is 6.05. The number of amides is 2. The molecule has 0 spiro atoms. The molecule has 2 amide bonds. The lowest BCUT2D eigenvalue weighted by molar-refractivity contribution is -0.122. The van der Waals surface area contributed by atoms with E-state index < -0.39 is 5.97 Å². The van der Waals surface area contributed by atoms with Crippen LogP contribution in [0.15, 0.2) is 54.6 Å². The maximum Gasteiger partial charge on any atom is 0.339 e. The van der Waals surface area contributed by atoms with E-state index in [1.807, 2.05) is 30.3 Å². The van der Waals surface area contributed by atoms with Crippen molar-refractivity contribution in [1.82, 2.24) is 0 Å².